The molecule has 1 rings (SSSR count). The summed E-state index contributed by atoms with van der Waals surface area (Å²) in [6.07, 6.45) is 2.91. The Morgan fingerprint density at radius 2 is 2.21 bits per heavy atom. The van der Waals surface area contributed by atoms with Gasteiger partial charge in [0.1, 0.15) is 6.61 Å². The maximum Gasteiger partial charge on any atom is 0.305 e. The van der Waals surface area contributed by atoms with Crippen LogP contribution in [0.5, 0.6) is 0 Å². The minimum Gasteiger partial charge on any atom is -0.463 e. The van der Waals surface area contributed by atoms with Crippen molar-refractivity contribution in [1.82, 2.24) is 0 Å². The fourth-order valence-corrected chi connectivity index (χ4v) is 1.50. The Balaban J connectivity index is 2.11. The predicted octanol–water partition coefficient (Wildman–Crippen LogP) is 0.870. The average molecular weight is 202 g/mol. The third-order valence-electron chi connectivity index (χ3n) is 2.28. The molecule has 0 saturated carbocycles. The minimum absolute atomic E-state index is 0.0204. The van der Waals surface area contributed by atoms with Gasteiger partial charge in [-0.2, -0.15) is 0 Å². The Bertz CT molecular complexity index is 181. The molecule has 1 aliphatic heterocycles. The topological polar surface area (TPSA) is 55.8 Å². The van der Waals surface area contributed by atoms with E-state index >= 15 is 0 Å². The standard InChI is InChI=1S/C10H18O4/c1-2-3-10(12)13-7-9-5-4-8(6-11)14-9/h8-9,11H,2-7H2,1H3/t8-,9+/m0/s1. The highest BCUT2D eigenvalue weighted by Crippen LogP contribution is 2.19. The zero-order chi connectivity index (χ0) is 10.4. The first-order valence-corrected chi connectivity index (χ1v) is 5.18. The van der Waals surface area contributed by atoms with Gasteiger partial charge in [0.15, 0.2) is 0 Å². The van der Waals surface area contributed by atoms with Crippen molar-refractivity contribution >= 4 is 5.97 Å². The van der Waals surface area contributed by atoms with Gasteiger partial charge in [0, 0.05) is 6.42 Å². The van der Waals surface area contributed by atoms with Gasteiger partial charge in [0.25, 0.3) is 0 Å². The second kappa shape index (κ2) is 5.98. The van der Waals surface area contributed by atoms with Gasteiger partial charge in [-0.15, -0.1) is 0 Å². The molecule has 0 aromatic rings. The van der Waals surface area contributed by atoms with E-state index in [9.17, 15) is 4.79 Å². The number of hydrogen-bond acceptors (Lipinski definition) is 4. The largest absolute Gasteiger partial charge is 0.463 e. The summed E-state index contributed by atoms with van der Waals surface area (Å²) in [4.78, 5) is 11.0. The molecule has 82 valence electrons. The summed E-state index contributed by atoms with van der Waals surface area (Å²) < 4.78 is 10.4. The lowest BCUT2D eigenvalue weighted by Crippen LogP contribution is -2.20. The fourth-order valence-electron chi connectivity index (χ4n) is 1.50. The normalized spacial score (nSPS) is 26.4. The number of aliphatic hydroxyl groups excluding tert-OH is 1. The van der Waals surface area contributed by atoms with Gasteiger partial charge in [0.05, 0.1) is 18.8 Å². The quantitative estimate of drug-likeness (QED) is 0.672. The molecule has 0 aromatic carbocycles. The van der Waals surface area contributed by atoms with E-state index < -0.39 is 0 Å². The highest BCUT2D eigenvalue weighted by atomic mass is 16.6. The van der Waals surface area contributed by atoms with Crippen molar-refractivity contribution in [2.75, 3.05) is 13.2 Å². The molecule has 0 unspecified atom stereocenters. The van der Waals surface area contributed by atoms with Crippen molar-refractivity contribution < 1.29 is 19.4 Å². The monoisotopic (exact) mass is 202 g/mol. The van der Waals surface area contributed by atoms with Gasteiger partial charge >= 0.3 is 5.97 Å². The molecule has 0 aliphatic carbocycles. The van der Waals surface area contributed by atoms with Gasteiger partial charge in [-0.1, -0.05) is 6.92 Å². The lowest BCUT2D eigenvalue weighted by Gasteiger charge is -2.12. The van der Waals surface area contributed by atoms with Crippen molar-refractivity contribution in [2.24, 2.45) is 0 Å². The molecule has 1 fully saturated rings. The van der Waals surface area contributed by atoms with Crippen LogP contribution in [-0.4, -0.2) is 36.5 Å². The van der Waals surface area contributed by atoms with Crippen molar-refractivity contribution in [3.8, 4) is 0 Å². The lowest BCUT2D eigenvalue weighted by atomic mass is 10.2. The fraction of sp³-hybridized carbons (Fsp3) is 0.900. The van der Waals surface area contributed by atoms with Crippen molar-refractivity contribution in [1.29, 1.82) is 0 Å². The van der Waals surface area contributed by atoms with Gasteiger partial charge in [-0.25, -0.2) is 0 Å². The molecule has 1 N–H and O–H groups in total. The minimum atomic E-state index is -0.163. The molecule has 14 heavy (non-hydrogen) atoms. The first kappa shape index (κ1) is 11.5. The molecular weight excluding hydrogens is 184 g/mol. The summed E-state index contributed by atoms with van der Waals surface area (Å²) in [6, 6.07) is 0. The van der Waals surface area contributed by atoms with E-state index in [-0.39, 0.29) is 24.8 Å². The van der Waals surface area contributed by atoms with Crippen molar-refractivity contribution in [3.63, 3.8) is 0 Å². The number of esters is 1. The van der Waals surface area contributed by atoms with Crippen LogP contribution >= 0.6 is 0 Å². The number of aliphatic hydroxyl groups is 1. The Hall–Kier alpha value is -0.610. The summed E-state index contributed by atoms with van der Waals surface area (Å²) in [7, 11) is 0. The van der Waals surface area contributed by atoms with Crippen molar-refractivity contribution in [3.05, 3.63) is 0 Å². The van der Waals surface area contributed by atoms with Crippen LogP contribution in [0.25, 0.3) is 0 Å². The number of carbonyl (C=O) groups is 1. The third kappa shape index (κ3) is 3.64. The maximum atomic E-state index is 11.0. The number of rotatable bonds is 5. The Morgan fingerprint density at radius 1 is 1.50 bits per heavy atom. The van der Waals surface area contributed by atoms with Crippen LogP contribution in [0.15, 0.2) is 0 Å². The first-order chi connectivity index (χ1) is 6.76. The molecular formula is C10H18O4. The van der Waals surface area contributed by atoms with E-state index in [4.69, 9.17) is 14.6 Å². The summed E-state index contributed by atoms with van der Waals surface area (Å²) in [5.74, 6) is -0.163. The second-order valence-corrected chi connectivity index (χ2v) is 3.57. The van der Waals surface area contributed by atoms with Gasteiger partial charge in [-0.3, -0.25) is 4.79 Å². The molecule has 0 bridgehead atoms. The number of ether oxygens (including phenoxy) is 2. The Labute approximate surface area is 84.2 Å². The summed E-state index contributed by atoms with van der Waals surface area (Å²) in [6.45, 7) is 2.32. The molecule has 4 nitrogen and oxygen atoms in total. The predicted molar refractivity (Wildman–Crippen MR) is 50.8 cm³/mol. The van der Waals surface area contributed by atoms with Crippen LogP contribution in [-0.2, 0) is 14.3 Å². The Morgan fingerprint density at radius 3 is 2.79 bits per heavy atom. The molecule has 1 aliphatic rings. The van der Waals surface area contributed by atoms with Gasteiger partial charge < -0.3 is 14.6 Å². The zero-order valence-electron chi connectivity index (χ0n) is 8.57. The molecule has 0 aromatic heterocycles. The summed E-state index contributed by atoms with van der Waals surface area (Å²) in [5, 5.41) is 8.81. The van der Waals surface area contributed by atoms with E-state index in [1.54, 1.807) is 0 Å². The van der Waals surface area contributed by atoms with Crippen LogP contribution in [0.3, 0.4) is 0 Å². The number of hydrogen-bond donors (Lipinski definition) is 1. The number of carbonyl (C=O) groups excluding carboxylic acids is 1. The molecule has 0 radical (unpaired) electrons. The molecule has 0 amide bonds. The van der Waals surface area contributed by atoms with Gasteiger partial charge in [0.2, 0.25) is 0 Å². The van der Waals surface area contributed by atoms with E-state index in [0.717, 1.165) is 19.3 Å². The molecule has 1 saturated heterocycles. The van der Waals surface area contributed by atoms with Crippen LogP contribution in [0, 0.1) is 0 Å². The van der Waals surface area contributed by atoms with Crippen LogP contribution in [0.2, 0.25) is 0 Å². The highest BCUT2D eigenvalue weighted by molar-refractivity contribution is 5.69. The summed E-state index contributed by atoms with van der Waals surface area (Å²) >= 11 is 0. The van der Waals surface area contributed by atoms with E-state index in [1.165, 1.54) is 0 Å². The van der Waals surface area contributed by atoms with E-state index in [0.29, 0.717) is 13.0 Å². The molecule has 1 heterocycles. The zero-order valence-corrected chi connectivity index (χ0v) is 8.57. The van der Waals surface area contributed by atoms with Gasteiger partial charge in [-0.05, 0) is 19.3 Å². The molecule has 2 atom stereocenters. The van der Waals surface area contributed by atoms with Crippen LogP contribution < -0.4 is 0 Å². The first-order valence-electron chi connectivity index (χ1n) is 5.18. The third-order valence-corrected chi connectivity index (χ3v) is 2.28. The second-order valence-electron chi connectivity index (χ2n) is 3.57. The SMILES string of the molecule is CCCC(=O)OC[C@H]1CC[C@@H](CO)O1. The lowest BCUT2D eigenvalue weighted by molar-refractivity contribution is -0.147. The maximum absolute atomic E-state index is 11.0. The van der Waals surface area contributed by atoms with Crippen LogP contribution in [0.4, 0.5) is 0 Å². The van der Waals surface area contributed by atoms with E-state index in [2.05, 4.69) is 0 Å². The average Bonchev–Trinajstić information content (AvgIpc) is 2.63. The summed E-state index contributed by atoms with van der Waals surface area (Å²) in [5.41, 5.74) is 0. The van der Waals surface area contributed by atoms with Crippen molar-refractivity contribution in [2.45, 2.75) is 44.8 Å². The smallest absolute Gasteiger partial charge is 0.305 e. The molecule has 0 spiro atoms. The Kier molecular flexibility index (Phi) is 4.90. The van der Waals surface area contributed by atoms with Crippen LogP contribution in [0.1, 0.15) is 32.6 Å². The van der Waals surface area contributed by atoms with E-state index in [1.807, 2.05) is 6.92 Å². The highest BCUT2D eigenvalue weighted by Gasteiger charge is 2.25. The molecule has 4 heteroatoms.